The van der Waals surface area contributed by atoms with E-state index in [1.54, 1.807) is 18.3 Å². The van der Waals surface area contributed by atoms with E-state index in [-0.39, 0.29) is 11.9 Å². The molecule has 0 saturated heterocycles. The maximum atomic E-state index is 11.9. The van der Waals surface area contributed by atoms with Gasteiger partial charge in [-0.3, -0.25) is 4.79 Å². The van der Waals surface area contributed by atoms with Gasteiger partial charge < -0.3 is 5.32 Å². The van der Waals surface area contributed by atoms with E-state index in [9.17, 15) is 4.79 Å². The molecule has 4 nitrogen and oxygen atoms in total. The molecule has 1 aliphatic rings. The molecule has 1 amide bonds. The minimum Gasteiger partial charge on any atom is -0.348 e. The number of nitrogens with zero attached hydrogens (tertiary/aromatic N) is 2. The number of rotatable bonds is 2. The molecule has 1 N–H and O–H groups in total. The van der Waals surface area contributed by atoms with Gasteiger partial charge in [0.05, 0.1) is 0 Å². The van der Waals surface area contributed by atoms with Crippen molar-refractivity contribution < 1.29 is 4.79 Å². The standard InChI is InChI=1S/C13H19N3O/c1-13(2)7-5-10(6-8-13)15-12(17)11-4-3-9-14-16-11/h3-4,9-10H,5-8H2,1-2H3,(H,15,17). The summed E-state index contributed by atoms with van der Waals surface area (Å²) in [6.45, 7) is 4.57. The number of carbonyl (C=O) groups is 1. The van der Waals surface area contributed by atoms with E-state index < -0.39 is 0 Å². The first-order valence-corrected chi connectivity index (χ1v) is 6.15. The van der Waals surface area contributed by atoms with Gasteiger partial charge in [-0.1, -0.05) is 13.8 Å². The van der Waals surface area contributed by atoms with E-state index >= 15 is 0 Å². The van der Waals surface area contributed by atoms with Crippen molar-refractivity contribution in [3.63, 3.8) is 0 Å². The summed E-state index contributed by atoms with van der Waals surface area (Å²) < 4.78 is 0. The maximum Gasteiger partial charge on any atom is 0.272 e. The normalized spacial score (nSPS) is 19.9. The van der Waals surface area contributed by atoms with Crippen LogP contribution in [-0.4, -0.2) is 22.1 Å². The lowest BCUT2D eigenvalue weighted by molar-refractivity contribution is 0.0903. The molecule has 2 rings (SSSR count). The Morgan fingerprint density at radius 1 is 1.41 bits per heavy atom. The molecule has 0 aliphatic heterocycles. The van der Waals surface area contributed by atoms with E-state index in [0.29, 0.717) is 11.1 Å². The van der Waals surface area contributed by atoms with Crippen molar-refractivity contribution in [1.82, 2.24) is 15.5 Å². The van der Waals surface area contributed by atoms with E-state index in [1.165, 1.54) is 12.8 Å². The Morgan fingerprint density at radius 2 is 2.12 bits per heavy atom. The molecule has 17 heavy (non-hydrogen) atoms. The Morgan fingerprint density at radius 3 is 2.71 bits per heavy atom. The lowest BCUT2D eigenvalue weighted by atomic mass is 9.75. The van der Waals surface area contributed by atoms with Crippen LogP contribution in [-0.2, 0) is 0 Å². The van der Waals surface area contributed by atoms with Gasteiger partial charge in [0.25, 0.3) is 5.91 Å². The molecule has 0 bridgehead atoms. The number of carbonyl (C=O) groups excluding carboxylic acids is 1. The van der Waals surface area contributed by atoms with Crippen LogP contribution in [0.15, 0.2) is 18.3 Å². The van der Waals surface area contributed by atoms with Crippen molar-refractivity contribution >= 4 is 5.91 Å². The van der Waals surface area contributed by atoms with Gasteiger partial charge in [0.1, 0.15) is 0 Å². The van der Waals surface area contributed by atoms with Crippen LogP contribution in [0.3, 0.4) is 0 Å². The molecular formula is C13H19N3O. The van der Waals surface area contributed by atoms with E-state index in [4.69, 9.17) is 0 Å². The van der Waals surface area contributed by atoms with E-state index in [2.05, 4.69) is 29.4 Å². The summed E-state index contributed by atoms with van der Waals surface area (Å²) in [7, 11) is 0. The van der Waals surface area contributed by atoms with Crippen molar-refractivity contribution in [3.8, 4) is 0 Å². The Balaban J connectivity index is 1.89. The number of nitrogens with one attached hydrogen (secondary N) is 1. The summed E-state index contributed by atoms with van der Waals surface area (Å²) in [6.07, 6.45) is 6.01. The fraction of sp³-hybridized carbons (Fsp3) is 0.615. The molecule has 1 heterocycles. The first-order valence-electron chi connectivity index (χ1n) is 6.15. The molecule has 0 spiro atoms. The monoisotopic (exact) mass is 233 g/mol. The van der Waals surface area contributed by atoms with E-state index in [1.807, 2.05) is 0 Å². The van der Waals surface area contributed by atoms with Crippen LogP contribution >= 0.6 is 0 Å². The summed E-state index contributed by atoms with van der Waals surface area (Å²) in [4.78, 5) is 11.9. The molecule has 1 aliphatic carbocycles. The zero-order valence-corrected chi connectivity index (χ0v) is 10.4. The first kappa shape index (κ1) is 12.0. The highest BCUT2D eigenvalue weighted by Gasteiger charge is 2.27. The molecule has 4 heteroatoms. The van der Waals surface area contributed by atoms with Crippen LogP contribution in [0.1, 0.15) is 50.0 Å². The SMILES string of the molecule is CC1(C)CCC(NC(=O)c2cccnn2)CC1. The summed E-state index contributed by atoms with van der Waals surface area (Å²) >= 11 is 0. The highest BCUT2D eigenvalue weighted by atomic mass is 16.2. The highest BCUT2D eigenvalue weighted by Crippen LogP contribution is 2.34. The minimum atomic E-state index is -0.109. The predicted molar refractivity (Wildman–Crippen MR) is 65.5 cm³/mol. The van der Waals surface area contributed by atoms with Crippen LogP contribution in [0.4, 0.5) is 0 Å². The van der Waals surface area contributed by atoms with Crippen molar-refractivity contribution in [2.45, 2.75) is 45.6 Å². The Labute approximate surface area is 102 Å². The molecule has 1 fully saturated rings. The van der Waals surface area contributed by atoms with Gasteiger partial charge >= 0.3 is 0 Å². The first-order chi connectivity index (χ1) is 8.07. The van der Waals surface area contributed by atoms with Gasteiger partial charge in [-0.15, -0.1) is 5.10 Å². The number of aromatic nitrogens is 2. The summed E-state index contributed by atoms with van der Waals surface area (Å²) in [5.74, 6) is -0.109. The summed E-state index contributed by atoms with van der Waals surface area (Å²) in [5.41, 5.74) is 0.825. The van der Waals surface area contributed by atoms with Crippen molar-refractivity contribution in [2.24, 2.45) is 5.41 Å². The van der Waals surface area contributed by atoms with Gasteiger partial charge in [0, 0.05) is 12.2 Å². The zero-order valence-electron chi connectivity index (χ0n) is 10.4. The van der Waals surface area contributed by atoms with Gasteiger partial charge in [0.15, 0.2) is 5.69 Å². The largest absolute Gasteiger partial charge is 0.348 e. The predicted octanol–water partition coefficient (Wildman–Crippen LogP) is 2.18. The molecule has 0 radical (unpaired) electrons. The third-order valence-corrected chi connectivity index (χ3v) is 3.48. The van der Waals surface area contributed by atoms with Gasteiger partial charge in [-0.05, 0) is 43.2 Å². The smallest absolute Gasteiger partial charge is 0.272 e. The molecule has 1 saturated carbocycles. The zero-order chi connectivity index (χ0) is 12.3. The summed E-state index contributed by atoms with van der Waals surface area (Å²) in [6, 6.07) is 3.71. The second kappa shape index (κ2) is 4.82. The molecular weight excluding hydrogens is 214 g/mol. The van der Waals surface area contributed by atoms with Crippen LogP contribution in [0.25, 0.3) is 0 Å². The van der Waals surface area contributed by atoms with Crippen molar-refractivity contribution in [2.75, 3.05) is 0 Å². The Bertz CT molecular complexity index is 379. The van der Waals surface area contributed by atoms with Crippen molar-refractivity contribution in [1.29, 1.82) is 0 Å². The van der Waals surface area contributed by atoms with Gasteiger partial charge in [0.2, 0.25) is 0 Å². The minimum absolute atomic E-state index is 0.109. The van der Waals surface area contributed by atoms with E-state index in [0.717, 1.165) is 12.8 Å². The van der Waals surface area contributed by atoms with Gasteiger partial charge in [-0.25, -0.2) is 0 Å². The molecule has 92 valence electrons. The lowest BCUT2D eigenvalue weighted by Gasteiger charge is -2.34. The van der Waals surface area contributed by atoms with Gasteiger partial charge in [-0.2, -0.15) is 5.10 Å². The third-order valence-electron chi connectivity index (χ3n) is 3.48. The molecule has 1 aromatic rings. The fourth-order valence-electron chi connectivity index (χ4n) is 2.23. The Hall–Kier alpha value is -1.45. The maximum absolute atomic E-state index is 11.9. The second-order valence-corrected chi connectivity index (χ2v) is 5.52. The molecule has 0 aromatic carbocycles. The topological polar surface area (TPSA) is 54.9 Å². The van der Waals surface area contributed by atoms with Crippen LogP contribution in [0.5, 0.6) is 0 Å². The van der Waals surface area contributed by atoms with Crippen LogP contribution in [0, 0.1) is 5.41 Å². The highest BCUT2D eigenvalue weighted by molar-refractivity contribution is 5.92. The van der Waals surface area contributed by atoms with Crippen LogP contribution < -0.4 is 5.32 Å². The number of hydrogen-bond acceptors (Lipinski definition) is 3. The van der Waals surface area contributed by atoms with Crippen molar-refractivity contribution in [3.05, 3.63) is 24.0 Å². The van der Waals surface area contributed by atoms with Crippen LogP contribution in [0.2, 0.25) is 0 Å². The second-order valence-electron chi connectivity index (χ2n) is 5.52. The fourth-order valence-corrected chi connectivity index (χ4v) is 2.23. The molecule has 1 aromatic heterocycles. The molecule has 0 unspecified atom stereocenters. The lowest BCUT2D eigenvalue weighted by Crippen LogP contribution is -2.39. The third kappa shape index (κ3) is 3.25. The number of hydrogen-bond donors (Lipinski definition) is 1. The average Bonchev–Trinajstić information content (AvgIpc) is 2.33. The summed E-state index contributed by atoms with van der Waals surface area (Å²) in [5, 5.41) is 10.6. The number of amides is 1. The molecule has 0 atom stereocenters. The average molecular weight is 233 g/mol. The quantitative estimate of drug-likeness (QED) is 0.851. The Kier molecular flexibility index (Phi) is 3.41.